The minimum absolute atomic E-state index is 0.311. The third kappa shape index (κ3) is 6.31. The lowest BCUT2D eigenvalue weighted by Crippen LogP contribution is -2.22. The number of nitrogens with one attached hydrogen (secondary N) is 1. The van der Waals surface area contributed by atoms with Gasteiger partial charge in [-0.3, -0.25) is 14.9 Å². The first-order valence-electron chi connectivity index (χ1n) is 10.8. The number of para-hydroxylation sites is 1. The molecule has 2 heterocycles. The first kappa shape index (κ1) is 26.3. The summed E-state index contributed by atoms with van der Waals surface area (Å²) < 4.78 is 46.4. The number of halogens is 3. The minimum Gasteiger partial charge on any atom is -0.452 e. The Morgan fingerprint density at radius 2 is 1.89 bits per heavy atom. The highest BCUT2D eigenvalue weighted by Crippen LogP contribution is 2.37. The molecule has 4 rings (SSSR count). The highest BCUT2D eigenvalue weighted by atomic mass is 32.1. The van der Waals surface area contributed by atoms with E-state index in [4.69, 9.17) is 4.74 Å². The van der Waals surface area contributed by atoms with Crippen molar-refractivity contribution in [1.29, 1.82) is 0 Å². The van der Waals surface area contributed by atoms with E-state index in [0.717, 1.165) is 28.8 Å². The number of rotatable bonds is 8. The van der Waals surface area contributed by atoms with Crippen molar-refractivity contribution in [3.05, 3.63) is 99.6 Å². The lowest BCUT2D eigenvalue weighted by atomic mass is 10.1. The van der Waals surface area contributed by atoms with Crippen LogP contribution in [0, 0.1) is 10.1 Å². The second kappa shape index (κ2) is 11.1. The number of hydrogen-bond acceptors (Lipinski definition) is 7. The molecule has 13 heteroatoms. The van der Waals surface area contributed by atoms with Crippen LogP contribution in [-0.2, 0) is 20.5 Å². The van der Waals surface area contributed by atoms with E-state index in [1.54, 1.807) is 10.9 Å². The van der Waals surface area contributed by atoms with Crippen molar-refractivity contribution in [2.75, 3.05) is 11.9 Å². The van der Waals surface area contributed by atoms with Gasteiger partial charge in [-0.25, -0.2) is 9.48 Å². The normalized spacial score (nSPS) is 11.4. The molecule has 0 aliphatic rings. The van der Waals surface area contributed by atoms with Gasteiger partial charge in [0.2, 0.25) is 0 Å². The van der Waals surface area contributed by atoms with Crippen LogP contribution in [0.3, 0.4) is 0 Å². The number of nitro benzene ring substituents is 1. The van der Waals surface area contributed by atoms with Crippen molar-refractivity contribution < 1.29 is 32.4 Å². The summed E-state index contributed by atoms with van der Waals surface area (Å²) >= 11 is 1.46. The van der Waals surface area contributed by atoms with Gasteiger partial charge in [-0.1, -0.05) is 24.3 Å². The molecule has 0 atom stereocenters. The lowest BCUT2D eigenvalue weighted by molar-refractivity contribution is -0.385. The van der Waals surface area contributed by atoms with Crippen LogP contribution in [-0.4, -0.2) is 33.2 Å². The van der Waals surface area contributed by atoms with Crippen molar-refractivity contribution in [2.24, 2.45) is 0 Å². The molecule has 4 aromatic rings. The van der Waals surface area contributed by atoms with Crippen LogP contribution in [0.4, 0.5) is 24.5 Å². The molecule has 0 unspecified atom stereocenters. The predicted molar refractivity (Wildman–Crippen MR) is 134 cm³/mol. The van der Waals surface area contributed by atoms with Gasteiger partial charge in [0.05, 0.1) is 26.7 Å². The molecule has 0 saturated heterocycles. The zero-order chi connectivity index (χ0) is 27.3. The second-order valence-electron chi connectivity index (χ2n) is 7.66. The number of anilines is 1. The Hall–Kier alpha value is -4.78. The zero-order valence-corrected chi connectivity index (χ0v) is 20.0. The maximum Gasteiger partial charge on any atom is 0.418 e. The van der Waals surface area contributed by atoms with E-state index in [9.17, 15) is 32.9 Å². The van der Waals surface area contributed by atoms with E-state index in [-0.39, 0.29) is 0 Å². The number of non-ortho nitro benzene ring substituents is 1. The van der Waals surface area contributed by atoms with Crippen molar-refractivity contribution in [3.8, 4) is 16.3 Å². The Morgan fingerprint density at radius 1 is 1.13 bits per heavy atom. The van der Waals surface area contributed by atoms with Crippen LogP contribution in [0.2, 0.25) is 0 Å². The summed E-state index contributed by atoms with van der Waals surface area (Å²) in [4.78, 5) is 35.0. The third-order valence-corrected chi connectivity index (χ3v) is 5.93. The Bertz CT molecular complexity index is 1500. The average Bonchev–Trinajstić information content (AvgIpc) is 3.56. The summed E-state index contributed by atoms with van der Waals surface area (Å²) in [7, 11) is 0. The molecular formula is C25H17F3N4O5S. The van der Waals surface area contributed by atoms with E-state index in [1.807, 2.05) is 53.2 Å². The van der Waals surface area contributed by atoms with Gasteiger partial charge in [0.1, 0.15) is 5.69 Å². The quantitative estimate of drug-likeness (QED) is 0.132. The summed E-state index contributed by atoms with van der Waals surface area (Å²) in [6.07, 6.45) is -0.712. The monoisotopic (exact) mass is 542 g/mol. The van der Waals surface area contributed by atoms with Crippen LogP contribution in [0.25, 0.3) is 22.3 Å². The smallest absolute Gasteiger partial charge is 0.418 e. The first-order chi connectivity index (χ1) is 18.1. The molecule has 2 aromatic heterocycles. The van der Waals surface area contributed by atoms with Gasteiger partial charge >= 0.3 is 12.1 Å². The fraction of sp³-hybridized carbons (Fsp3) is 0.0800. The molecular weight excluding hydrogens is 525 g/mol. The molecule has 0 aliphatic carbocycles. The van der Waals surface area contributed by atoms with E-state index in [0.29, 0.717) is 17.3 Å². The highest BCUT2D eigenvalue weighted by molar-refractivity contribution is 7.13. The molecule has 0 aliphatic heterocycles. The van der Waals surface area contributed by atoms with Gasteiger partial charge in [0, 0.05) is 30.0 Å². The van der Waals surface area contributed by atoms with Crippen molar-refractivity contribution in [3.63, 3.8) is 0 Å². The van der Waals surface area contributed by atoms with E-state index < -0.39 is 46.5 Å². The summed E-state index contributed by atoms with van der Waals surface area (Å²) in [6.45, 7) is -0.876. The van der Waals surface area contributed by atoms with Crippen LogP contribution in [0.5, 0.6) is 0 Å². The SMILES string of the molecule is O=C(COC(=O)C=Cc1cn(-c2ccccc2)nc1-c1cccs1)Nc1ccc([N+](=O)[O-])cc1C(F)(F)F. The molecule has 2 aromatic carbocycles. The average molecular weight is 542 g/mol. The Labute approximate surface area is 216 Å². The fourth-order valence-electron chi connectivity index (χ4n) is 3.35. The van der Waals surface area contributed by atoms with Gasteiger partial charge < -0.3 is 10.1 Å². The Morgan fingerprint density at radius 3 is 2.55 bits per heavy atom. The number of thiophene rings is 1. The van der Waals surface area contributed by atoms with Gasteiger partial charge in [0.15, 0.2) is 6.61 Å². The standard InChI is InChI=1S/C25H17F3N4O5S/c26-25(27,28)19-13-18(32(35)36)9-10-20(19)29-22(33)15-37-23(34)11-8-16-14-31(17-5-2-1-3-6-17)30-24(16)21-7-4-12-38-21/h1-14H,15H2,(H,29,33). The number of benzene rings is 2. The number of alkyl halides is 3. The first-order valence-corrected chi connectivity index (χ1v) is 11.7. The van der Waals surface area contributed by atoms with Crippen LogP contribution < -0.4 is 5.32 Å². The number of aromatic nitrogens is 2. The molecule has 1 N–H and O–H groups in total. The van der Waals surface area contributed by atoms with Crippen molar-refractivity contribution in [2.45, 2.75) is 6.18 Å². The maximum atomic E-state index is 13.3. The molecule has 38 heavy (non-hydrogen) atoms. The van der Waals surface area contributed by atoms with Gasteiger partial charge in [-0.2, -0.15) is 18.3 Å². The number of ether oxygens (including phenoxy) is 1. The molecule has 0 saturated carbocycles. The summed E-state index contributed by atoms with van der Waals surface area (Å²) in [5, 5.41) is 19.2. The zero-order valence-electron chi connectivity index (χ0n) is 19.2. The number of amides is 1. The lowest BCUT2D eigenvalue weighted by Gasteiger charge is -2.13. The van der Waals surface area contributed by atoms with E-state index in [1.165, 1.54) is 17.4 Å². The number of nitrogens with zero attached hydrogens (tertiary/aromatic N) is 3. The van der Waals surface area contributed by atoms with Crippen molar-refractivity contribution in [1.82, 2.24) is 9.78 Å². The number of hydrogen-bond donors (Lipinski definition) is 1. The summed E-state index contributed by atoms with van der Waals surface area (Å²) in [5.74, 6) is -1.97. The van der Waals surface area contributed by atoms with Gasteiger partial charge in [-0.05, 0) is 35.7 Å². The largest absolute Gasteiger partial charge is 0.452 e. The Balaban J connectivity index is 1.44. The number of esters is 1. The highest BCUT2D eigenvalue weighted by Gasteiger charge is 2.35. The van der Waals surface area contributed by atoms with Gasteiger partial charge in [-0.15, -0.1) is 11.3 Å². The second-order valence-corrected chi connectivity index (χ2v) is 8.61. The molecule has 0 radical (unpaired) electrons. The molecule has 0 fully saturated rings. The molecule has 0 spiro atoms. The number of carbonyl (C=O) groups is 2. The Kier molecular flexibility index (Phi) is 7.67. The minimum atomic E-state index is -4.96. The van der Waals surface area contributed by atoms with E-state index >= 15 is 0 Å². The molecule has 194 valence electrons. The molecule has 9 nitrogen and oxygen atoms in total. The van der Waals surface area contributed by atoms with E-state index in [2.05, 4.69) is 5.10 Å². The number of nitro groups is 1. The third-order valence-electron chi connectivity index (χ3n) is 5.06. The summed E-state index contributed by atoms with van der Waals surface area (Å²) in [6, 6.07) is 14.9. The van der Waals surface area contributed by atoms with Crippen LogP contribution in [0.1, 0.15) is 11.1 Å². The molecule has 1 amide bonds. The fourth-order valence-corrected chi connectivity index (χ4v) is 4.08. The van der Waals surface area contributed by atoms with Gasteiger partial charge in [0.25, 0.3) is 11.6 Å². The number of carbonyl (C=O) groups excluding carboxylic acids is 2. The molecule has 0 bridgehead atoms. The van der Waals surface area contributed by atoms with Crippen molar-refractivity contribution >= 4 is 40.7 Å². The van der Waals surface area contributed by atoms with Crippen LogP contribution in [0.15, 0.2) is 78.3 Å². The van der Waals surface area contributed by atoms with Crippen LogP contribution >= 0.6 is 11.3 Å². The maximum absolute atomic E-state index is 13.3. The predicted octanol–water partition coefficient (Wildman–Crippen LogP) is 5.72. The topological polar surface area (TPSA) is 116 Å². The summed E-state index contributed by atoms with van der Waals surface area (Å²) in [5.41, 5.74) is -0.878.